The van der Waals surface area contributed by atoms with E-state index in [0.717, 1.165) is 22.3 Å². The number of nitrogens with zero attached hydrogens (tertiary/aromatic N) is 4. The van der Waals surface area contributed by atoms with Gasteiger partial charge in [-0.3, -0.25) is 9.78 Å². The second-order valence-corrected chi connectivity index (χ2v) is 7.47. The second kappa shape index (κ2) is 7.58. The molecule has 0 aromatic carbocycles. The fourth-order valence-corrected chi connectivity index (χ4v) is 4.04. The zero-order valence-electron chi connectivity index (χ0n) is 15.3. The van der Waals surface area contributed by atoms with E-state index in [2.05, 4.69) is 20.3 Å². The fraction of sp³-hybridized carbons (Fsp3) is 0.368. The van der Waals surface area contributed by atoms with Crippen LogP contribution in [0, 0.1) is 0 Å². The summed E-state index contributed by atoms with van der Waals surface area (Å²) in [5, 5.41) is 5.20. The highest BCUT2D eigenvalue weighted by Crippen LogP contribution is 2.27. The summed E-state index contributed by atoms with van der Waals surface area (Å²) >= 11 is 1.49. The molecule has 0 aliphatic carbocycles. The molecule has 0 saturated carbocycles. The Labute approximate surface area is 161 Å². The highest BCUT2D eigenvalue weighted by molar-refractivity contribution is 7.17. The van der Waals surface area contributed by atoms with Crippen molar-refractivity contribution >= 4 is 33.4 Å². The molecule has 1 amide bonds. The number of amides is 1. The fourth-order valence-electron chi connectivity index (χ4n) is 3.23. The van der Waals surface area contributed by atoms with Gasteiger partial charge in [-0.2, -0.15) is 0 Å². The molecule has 4 rings (SSSR count). The molecule has 1 aliphatic rings. The summed E-state index contributed by atoms with van der Waals surface area (Å²) in [6.07, 6.45) is 2.70. The molecule has 0 spiro atoms. The largest absolute Gasteiger partial charge is 0.380 e. The maximum absolute atomic E-state index is 13.1. The lowest BCUT2D eigenvalue weighted by atomic mass is 10.2. The van der Waals surface area contributed by atoms with Crippen LogP contribution in [0.5, 0.6) is 0 Å². The van der Waals surface area contributed by atoms with Gasteiger partial charge in [0.2, 0.25) is 5.95 Å². The number of ether oxygens (including phenoxy) is 1. The Morgan fingerprint density at radius 3 is 3.00 bits per heavy atom. The summed E-state index contributed by atoms with van der Waals surface area (Å²) in [5.41, 5.74) is 2.11. The summed E-state index contributed by atoms with van der Waals surface area (Å²) in [5.74, 6) is 0.364. The van der Waals surface area contributed by atoms with Gasteiger partial charge >= 0.3 is 0 Å². The van der Waals surface area contributed by atoms with E-state index in [1.54, 1.807) is 13.3 Å². The van der Waals surface area contributed by atoms with E-state index in [1.807, 2.05) is 41.5 Å². The van der Waals surface area contributed by atoms with Crippen molar-refractivity contribution in [2.24, 2.45) is 0 Å². The van der Waals surface area contributed by atoms with Crippen molar-refractivity contribution in [1.29, 1.82) is 0 Å². The molecule has 3 aromatic heterocycles. The van der Waals surface area contributed by atoms with Crippen LogP contribution in [0.1, 0.15) is 35.6 Å². The van der Waals surface area contributed by atoms with Crippen LogP contribution in [-0.2, 0) is 4.74 Å². The topological polar surface area (TPSA) is 80.2 Å². The first kappa shape index (κ1) is 17.8. The second-order valence-electron chi connectivity index (χ2n) is 6.55. The van der Waals surface area contributed by atoms with Crippen LogP contribution in [0.4, 0.5) is 5.95 Å². The number of aromatic nitrogens is 3. The van der Waals surface area contributed by atoms with Gasteiger partial charge in [0.1, 0.15) is 0 Å². The molecule has 0 bridgehead atoms. The van der Waals surface area contributed by atoms with Gasteiger partial charge in [-0.1, -0.05) is 6.07 Å². The molecule has 1 unspecified atom stereocenters. The summed E-state index contributed by atoms with van der Waals surface area (Å²) in [6.45, 7) is 3.27. The van der Waals surface area contributed by atoms with Crippen molar-refractivity contribution in [1.82, 2.24) is 19.9 Å². The molecular formula is C19H21N5O2S. The third kappa shape index (κ3) is 3.63. The summed E-state index contributed by atoms with van der Waals surface area (Å²) in [7, 11) is 1.68. The maximum atomic E-state index is 13.1. The smallest absolute Gasteiger partial charge is 0.274 e. The predicted molar refractivity (Wildman–Crippen MR) is 105 cm³/mol. The first-order valence-corrected chi connectivity index (χ1v) is 9.78. The van der Waals surface area contributed by atoms with Gasteiger partial charge in [-0.05, 0) is 36.9 Å². The number of carbonyl (C=O) groups is 1. The van der Waals surface area contributed by atoms with Gasteiger partial charge in [-0.25, -0.2) is 9.97 Å². The minimum atomic E-state index is -0.0742. The van der Waals surface area contributed by atoms with Crippen molar-refractivity contribution in [2.45, 2.75) is 25.5 Å². The first-order valence-electron chi connectivity index (χ1n) is 8.90. The predicted octanol–water partition coefficient (Wildman–Crippen LogP) is 3.12. The third-order valence-corrected chi connectivity index (χ3v) is 5.66. The molecule has 4 heterocycles. The van der Waals surface area contributed by atoms with E-state index >= 15 is 0 Å². The minimum Gasteiger partial charge on any atom is -0.380 e. The number of thiophene rings is 1. The van der Waals surface area contributed by atoms with Gasteiger partial charge < -0.3 is 15.0 Å². The standard InChI is InChI=1S/C19H21N5O2S/c1-12(14-5-3-4-8-20-14)21-19-22-15-7-10-27-17(15)16(23-19)18(25)24-9-6-13(11-24)26-2/h3-5,7-8,10,12-13H,6,9,11H2,1-2H3,(H,21,22,23)/t12?,13-/m1/s1. The molecule has 2 atom stereocenters. The SMILES string of the molecule is CO[C@@H]1CCN(C(=O)c2nc(NC(C)c3ccccn3)nc3ccsc23)C1. The normalized spacial score (nSPS) is 18.0. The highest BCUT2D eigenvalue weighted by atomic mass is 32.1. The molecular weight excluding hydrogens is 362 g/mol. The molecule has 3 aromatic rings. The van der Waals surface area contributed by atoms with Crippen LogP contribution in [0.25, 0.3) is 10.2 Å². The van der Waals surface area contributed by atoms with Crippen LogP contribution >= 0.6 is 11.3 Å². The monoisotopic (exact) mass is 383 g/mol. The Balaban J connectivity index is 1.63. The van der Waals surface area contributed by atoms with Crippen molar-refractivity contribution in [3.8, 4) is 0 Å². The van der Waals surface area contributed by atoms with Gasteiger partial charge in [-0.15, -0.1) is 11.3 Å². The van der Waals surface area contributed by atoms with E-state index < -0.39 is 0 Å². The quantitative estimate of drug-likeness (QED) is 0.729. The van der Waals surface area contributed by atoms with Crippen molar-refractivity contribution < 1.29 is 9.53 Å². The lowest BCUT2D eigenvalue weighted by Gasteiger charge is -2.17. The molecule has 1 saturated heterocycles. The number of carbonyl (C=O) groups excluding carboxylic acids is 1. The highest BCUT2D eigenvalue weighted by Gasteiger charge is 2.29. The summed E-state index contributed by atoms with van der Waals surface area (Å²) in [4.78, 5) is 28.4. The lowest BCUT2D eigenvalue weighted by Crippen LogP contribution is -2.31. The van der Waals surface area contributed by atoms with E-state index in [9.17, 15) is 4.79 Å². The van der Waals surface area contributed by atoms with Crippen molar-refractivity contribution in [3.63, 3.8) is 0 Å². The van der Waals surface area contributed by atoms with E-state index in [1.165, 1.54) is 11.3 Å². The summed E-state index contributed by atoms with van der Waals surface area (Å²) < 4.78 is 6.20. The van der Waals surface area contributed by atoms with Crippen molar-refractivity contribution in [3.05, 3.63) is 47.2 Å². The molecule has 27 heavy (non-hydrogen) atoms. The average molecular weight is 383 g/mol. The summed E-state index contributed by atoms with van der Waals surface area (Å²) in [6, 6.07) is 7.61. The maximum Gasteiger partial charge on any atom is 0.274 e. The van der Waals surface area contributed by atoms with Crippen LogP contribution in [-0.4, -0.2) is 52.1 Å². The van der Waals surface area contributed by atoms with Crippen LogP contribution in [0.3, 0.4) is 0 Å². The number of rotatable bonds is 5. The molecule has 8 heteroatoms. The van der Waals surface area contributed by atoms with Gasteiger partial charge in [0.15, 0.2) is 5.69 Å². The van der Waals surface area contributed by atoms with Gasteiger partial charge in [0, 0.05) is 26.4 Å². The number of anilines is 1. The molecule has 0 radical (unpaired) electrons. The van der Waals surface area contributed by atoms with Gasteiger partial charge in [0.25, 0.3) is 5.91 Å². The number of fused-ring (bicyclic) bond motifs is 1. The van der Waals surface area contributed by atoms with E-state index in [-0.39, 0.29) is 18.1 Å². The Morgan fingerprint density at radius 2 is 2.26 bits per heavy atom. The Bertz CT molecular complexity index is 946. The first-order chi connectivity index (χ1) is 13.2. The molecule has 1 fully saturated rings. The molecule has 7 nitrogen and oxygen atoms in total. The van der Waals surface area contributed by atoms with Crippen LogP contribution in [0.15, 0.2) is 35.8 Å². The number of hydrogen-bond donors (Lipinski definition) is 1. The van der Waals surface area contributed by atoms with Crippen molar-refractivity contribution in [2.75, 3.05) is 25.5 Å². The lowest BCUT2D eigenvalue weighted by molar-refractivity contribution is 0.0721. The van der Waals surface area contributed by atoms with E-state index in [0.29, 0.717) is 24.7 Å². The number of pyridine rings is 1. The minimum absolute atomic E-state index is 0.0714. The Kier molecular flexibility index (Phi) is 5.00. The zero-order chi connectivity index (χ0) is 18.8. The average Bonchev–Trinajstić information content (AvgIpc) is 3.36. The molecule has 140 valence electrons. The number of hydrogen-bond acceptors (Lipinski definition) is 7. The molecule has 1 aliphatic heterocycles. The van der Waals surface area contributed by atoms with Gasteiger partial charge in [0.05, 0.1) is 28.1 Å². The Hall–Kier alpha value is -2.58. The Morgan fingerprint density at radius 1 is 1.37 bits per heavy atom. The van der Waals surface area contributed by atoms with Crippen LogP contribution in [0.2, 0.25) is 0 Å². The third-order valence-electron chi connectivity index (χ3n) is 4.75. The molecule has 1 N–H and O–H groups in total. The number of likely N-dealkylation sites (tertiary alicyclic amines) is 1. The number of methoxy groups -OCH3 is 1. The number of nitrogens with one attached hydrogen (secondary N) is 1. The van der Waals surface area contributed by atoms with Crippen LogP contribution < -0.4 is 5.32 Å². The van der Waals surface area contributed by atoms with E-state index in [4.69, 9.17) is 4.74 Å². The zero-order valence-corrected chi connectivity index (χ0v) is 16.1.